The molecule has 0 saturated carbocycles. The molecule has 1 aromatic heterocycles. The van der Waals surface area contributed by atoms with Gasteiger partial charge in [0, 0.05) is 11.6 Å². The monoisotopic (exact) mass is 334 g/mol. The van der Waals surface area contributed by atoms with E-state index in [4.69, 9.17) is 16.1 Å². The summed E-state index contributed by atoms with van der Waals surface area (Å²) in [5.41, 5.74) is 1.65. The van der Waals surface area contributed by atoms with Crippen LogP contribution in [-0.2, 0) is 0 Å². The van der Waals surface area contributed by atoms with E-state index >= 15 is 0 Å². The first-order valence-electron chi connectivity index (χ1n) is 8.06. The van der Waals surface area contributed by atoms with Crippen LogP contribution in [0.1, 0.15) is 55.6 Å². The molecule has 1 heterocycles. The highest BCUT2D eigenvalue weighted by Gasteiger charge is 2.23. The molecule has 0 unspecified atom stereocenters. The summed E-state index contributed by atoms with van der Waals surface area (Å²) in [7, 11) is 0. The lowest BCUT2D eigenvalue weighted by Crippen LogP contribution is -2.33. The second-order valence-electron chi connectivity index (χ2n) is 5.81. The molecular formula is C18H23ClN2O2. The maximum absolute atomic E-state index is 12.6. The first-order valence-corrected chi connectivity index (χ1v) is 8.44. The van der Waals surface area contributed by atoms with E-state index in [9.17, 15) is 4.79 Å². The maximum Gasteiger partial charge on any atom is 0.257 e. The van der Waals surface area contributed by atoms with Crippen LogP contribution >= 0.6 is 11.6 Å². The fraction of sp³-hybridized carbons (Fsp3) is 0.444. The minimum atomic E-state index is -0.164. The summed E-state index contributed by atoms with van der Waals surface area (Å²) >= 11 is 6.22. The van der Waals surface area contributed by atoms with Gasteiger partial charge in [-0.1, -0.05) is 61.1 Å². The minimum Gasteiger partial charge on any atom is -0.360 e. The molecule has 5 heteroatoms. The van der Waals surface area contributed by atoms with Gasteiger partial charge in [-0.2, -0.15) is 0 Å². The number of carbonyl (C=O) groups is 1. The highest BCUT2D eigenvalue weighted by molar-refractivity contribution is 6.33. The second kappa shape index (κ2) is 8.16. The van der Waals surface area contributed by atoms with Gasteiger partial charge in [0.25, 0.3) is 5.91 Å². The number of benzene rings is 1. The van der Waals surface area contributed by atoms with Crippen molar-refractivity contribution < 1.29 is 9.32 Å². The van der Waals surface area contributed by atoms with Crippen molar-refractivity contribution in [2.45, 2.75) is 52.5 Å². The number of amides is 1. The van der Waals surface area contributed by atoms with Gasteiger partial charge in [0.2, 0.25) is 0 Å². The van der Waals surface area contributed by atoms with Gasteiger partial charge in [-0.25, -0.2) is 0 Å². The van der Waals surface area contributed by atoms with E-state index in [-0.39, 0.29) is 11.9 Å². The molecule has 0 aliphatic carbocycles. The van der Waals surface area contributed by atoms with Crippen LogP contribution in [0.3, 0.4) is 0 Å². The lowest BCUT2D eigenvalue weighted by atomic mass is 10.0. The van der Waals surface area contributed by atoms with Crippen molar-refractivity contribution in [1.29, 1.82) is 0 Å². The average molecular weight is 335 g/mol. The van der Waals surface area contributed by atoms with Gasteiger partial charge in [-0.15, -0.1) is 0 Å². The zero-order valence-corrected chi connectivity index (χ0v) is 14.6. The van der Waals surface area contributed by atoms with Crippen molar-refractivity contribution in [3.05, 3.63) is 40.6 Å². The number of rotatable bonds is 7. The smallest absolute Gasteiger partial charge is 0.257 e. The molecule has 0 aliphatic rings. The highest BCUT2D eigenvalue weighted by atomic mass is 35.5. The molecule has 0 fully saturated rings. The fourth-order valence-electron chi connectivity index (χ4n) is 2.55. The van der Waals surface area contributed by atoms with Gasteiger partial charge in [-0.05, 0) is 26.3 Å². The van der Waals surface area contributed by atoms with Gasteiger partial charge in [-0.3, -0.25) is 4.79 Å². The quantitative estimate of drug-likeness (QED) is 0.725. The van der Waals surface area contributed by atoms with Crippen LogP contribution in [0.25, 0.3) is 11.3 Å². The second-order valence-corrected chi connectivity index (χ2v) is 6.22. The van der Waals surface area contributed by atoms with Gasteiger partial charge in [0.05, 0.1) is 5.02 Å². The number of hydrogen-bond acceptors (Lipinski definition) is 3. The summed E-state index contributed by atoms with van der Waals surface area (Å²) in [4.78, 5) is 12.6. The third-order valence-corrected chi connectivity index (χ3v) is 4.17. The molecule has 1 aromatic carbocycles. The molecule has 0 aliphatic heterocycles. The Labute approximate surface area is 142 Å². The molecule has 4 nitrogen and oxygen atoms in total. The molecular weight excluding hydrogens is 312 g/mol. The van der Waals surface area contributed by atoms with Crippen molar-refractivity contribution in [3.8, 4) is 11.3 Å². The molecule has 1 atom stereocenters. The van der Waals surface area contributed by atoms with E-state index in [0.717, 1.165) is 12.8 Å². The maximum atomic E-state index is 12.6. The Morgan fingerprint density at radius 1 is 1.35 bits per heavy atom. The number of hydrogen-bond donors (Lipinski definition) is 1. The number of carbonyl (C=O) groups excluding carboxylic acids is 1. The van der Waals surface area contributed by atoms with Crippen molar-refractivity contribution in [2.24, 2.45) is 0 Å². The molecule has 2 aromatic rings. The summed E-state index contributed by atoms with van der Waals surface area (Å²) in [5, 5.41) is 7.61. The fourth-order valence-corrected chi connectivity index (χ4v) is 2.77. The predicted molar refractivity (Wildman–Crippen MR) is 92.8 cm³/mol. The first kappa shape index (κ1) is 17.5. The molecule has 1 amide bonds. The van der Waals surface area contributed by atoms with Gasteiger partial charge < -0.3 is 9.84 Å². The minimum absolute atomic E-state index is 0.113. The van der Waals surface area contributed by atoms with Crippen molar-refractivity contribution in [2.75, 3.05) is 0 Å². The Kier molecular flexibility index (Phi) is 6.22. The third kappa shape index (κ3) is 4.35. The standard InChI is InChI=1S/C18H23ClN2O2/c1-4-5-6-9-12(2)20-18(22)16-13(3)23-21-17(16)14-10-7-8-11-15(14)19/h7-8,10-12H,4-6,9H2,1-3H3,(H,20,22)/t12-/m0/s1. The predicted octanol–water partition coefficient (Wildman–Crippen LogP) is 5.00. The molecule has 0 spiro atoms. The molecule has 124 valence electrons. The van der Waals surface area contributed by atoms with E-state index < -0.39 is 0 Å². The average Bonchev–Trinajstić information content (AvgIpc) is 2.89. The van der Waals surface area contributed by atoms with Crippen LogP contribution in [-0.4, -0.2) is 17.1 Å². The Morgan fingerprint density at radius 3 is 2.78 bits per heavy atom. The van der Waals surface area contributed by atoms with E-state index in [1.807, 2.05) is 25.1 Å². The number of unbranched alkanes of at least 4 members (excludes halogenated alkanes) is 2. The van der Waals surface area contributed by atoms with E-state index in [1.165, 1.54) is 12.8 Å². The van der Waals surface area contributed by atoms with Crippen LogP contribution in [0, 0.1) is 6.92 Å². The first-order chi connectivity index (χ1) is 11.0. The van der Waals surface area contributed by atoms with Crippen LogP contribution < -0.4 is 5.32 Å². The normalized spacial score (nSPS) is 12.2. The van der Waals surface area contributed by atoms with E-state index in [0.29, 0.717) is 27.6 Å². The van der Waals surface area contributed by atoms with Gasteiger partial charge in [0.15, 0.2) is 0 Å². The van der Waals surface area contributed by atoms with E-state index in [2.05, 4.69) is 17.4 Å². The summed E-state index contributed by atoms with van der Waals surface area (Å²) in [6.07, 6.45) is 4.42. The Hall–Kier alpha value is -1.81. The van der Waals surface area contributed by atoms with Crippen LogP contribution in [0.2, 0.25) is 5.02 Å². The molecule has 0 saturated heterocycles. The Bertz CT molecular complexity index is 667. The summed E-state index contributed by atoms with van der Waals surface area (Å²) < 4.78 is 5.24. The third-order valence-electron chi connectivity index (χ3n) is 3.84. The largest absolute Gasteiger partial charge is 0.360 e. The zero-order chi connectivity index (χ0) is 16.8. The zero-order valence-electron chi connectivity index (χ0n) is 13.9. The molecule has 2 rings (SSSR count). The number of aryl methyl sites for hydroxylation is 1. The van der Waals surface area contributed by atoms with E-state index in [1.54, 1.807) is 13.0 Å². The lowest BCUT2D eigenvalue weighted by Gasteiger charge is -2.13. The van der Waals surface area contributed by atoms with Gasteiger partial charge >= 0.3 is 0 Å². The van der Waals surface area contributed by atoms with Gasteiger partial charge in [0.1, 0.15) is 17.0 Å². The lowest BCUT2D eigenvalue weighted by molar-refractivity contribution is 0.0937. The molecule has 23 heavy (non-hydrogen) atoms. The Morgan fingerprint density at radius 2 is 2.09 bits per heavy atom. The molecule has 0 bridgehead atoms. The molecule has 0 radical (unpaired) electrons. The van der Waals surface area contributed by atoms with Crippen LogP contribution in [0.15, 0.2) is 28.8 Å². The summed E-state index contributed by atoms with van der Waals surface area (Å²) in [6, 6.07) is 7.42. The SMILES string of the molecule is CCCCC[C@H](C)NC(=O)c1c(-c2ccccc2Cl)noc1C. The highest BCUT2D eigenvalue weighted by Crippen LogP contribution is 2.31. The summed E-state index contributed by atoms with van der Waals surface area (Å²) in [5.74, 6) is 0.334. The Balaban J connectivity index is 2.18. The number of aromatic nitrogens is 1. The van der Waals surface area contributed by atoms with Crippen molar-refractivity contribution >= 4 is 17.5 Å². The molecule has 1 N–H and O–H groups in total. The van der Waals surface area contributed by atoms with Crippen molar-refractivity contribution in [1.82, 2.24) is 10.5 Å². The van der Waals surface area contributed by atoms with Crippen LogP contribution in [0.5, 0.6) is 0 Å². The van der Waals surface area contributed by atoms with Crippen molar-refractivity contribution in [3.63, 3.8) is 0 Å². The number of nitrogens with zero attached hydrogens (tertiary/aromatic N) is 1. The van der Waals surface area contributed by atoms with Crippen LogP contribution in [0.4, 0.5) is 0 Å². The summed E-state index contributed by atoms with van der Waals surface area (Å²) in [6.45, 7) is 5.93. The number of nitrogens with one attached hydrogen (secondary N) is 1. The number of halogens is 1. The topological polar surface area (TPSA) is 55.1 Å².